The molecule has 0 aromatic rings. The summed E-state index contributed by atoms with van der Waals surface area (Å²) >= 11 is 6.59. The highest BCUT2D eigenvalue weighted by Crippen LogP contribution is 2.79. The van der Waals surface area contributed by atoms with Crippen LogP contribution in [0.3, 0.4) is 0 Å². The predicted molar refractivity (Wildman–Crippen MR) is 107 cm³/mol. The highest BCUT2D eigenvalue weighted by molar-refractivity contribution is 6.18. The fourth-order valence-corrected chi connectivity index (χ4v) is 9.51. The predicted octanol–water partition coefficient (Wildman–Crippen LogP) is 4.91. The lowest BCUT2D eigenvalue weighted by Crippen LogP contribution is -2.59. The molecule has 1 heterocycles. The van der Waals surface area contributed by atoms with Crippen molar-refractivity contribution >= 4 is 23.4 Å². The number of halogens is 1. The number of hydrogen-bond donors (Lipinski definition) is 0. The van der Waals surface area contributed by atoms with Gasteiger partial charge >= 0.3 is 5.97 Å². The number of carbonyl (C=O) groups is 2. The number of ether oxygens (including phenoxy) is 1. The van der Waals surface area contributed by atoms with Crippen LogP contribution in [-0.4, -0.2) is 23.2 Å². The smallest absolute Gasteiger partial charge is 0.306 e. The molecule has 0 N–H and O–H groups in total. The molecule has 9 unspecified atom stereocenters. The molecule has 0 amide bonds. The van der Waals surface area contributed by atoms with Crippen molar-refractivity contribution < 1.29 is 14.3 Å². The third kappa shape index (κ3) is 1.94. The summed E-state index contributed by atoms with van der Waals surface area (Å²) in [5.41, 5.74) is 1.46. The molecule has 9 atom stereocenters. The number of ketones is 1. The lowest BCUT2D eigenvalue weighted by atomic mass is 9.43. The van der Waals surface area contributed by atoms with Crippen molar-refractivity contribution in [1.82, 2.24) is 0 Å². The molecule has 5 fully saturated rings. The van der Waals surface area contributed by atoms with Gasteiger partial charge in [0, 0.05) is 30.1 Å². The minimum absolute atomic E-state index is 0.0233. The fourth-order valence-electron chi connectivity index (χ4n) is 9.20. The Morgan fingerprint density at radius 2 is 1.96 bits per heavy atom. The standard InChI is InChI=1S/C24H31ClO3/c1-22-6-3-15(26)10-14(22)9-13(12-25)20-17(22)4-7-23(2)21(20)16-11-18(16)24(23)8-5-19(27)28-24/h10,13,16-18,20-21H,3-9,11-12H2,1-2H3. The maximum atomic E-state index is 12.2. The van der Waals surface area contributed by atoms with Crippen molar-refractivity contribution in [3.05, 3.63) is 11.6 Å². The van der Waals surface area contributed by atoms with E-state index in [1.54, 1.807) is 0 Å². The Balaban J connectivity index is 1.44. The first kappa shape index (κ1) is 18.0. The first-order valence-corrected chi connectivity index (χ1v) is 11.9. The second kappa shape index (κ2) is 5.45. The summed E-state index contributed by atoms with van der Waals surface area (Å²) in [4.78, 5) is 24.3. The molecule has 3 nitrogen and oxygen atoms in total. The SMILES string of the molecule is CC12CCC(=O)C=C1CC(CCl)C1C2CCC2(C)C1C1CC1C21CCC(=O)O1. The van der Waals surface area contributed by atoms with Crippen LogP contribution in [0.4, 0.5) is 0 Å². The van der Waals surface area contributed by atoms with E-state index in [0.29, 0.717) is 60.0 Å². The second-order valence-corrected chi connectivity index (χ2v) is 11.5. The van der Waals surface area contributed by atoms with E-state index in [1.807, 2.05) is 6.08 Å². The third-order valence-electron chi connectivity index (χ3n) is 10.5. The first-order valence-electron chi connectivity index (χ1n) is 11.4. The quantitative estimate of drug-likeness (QED) is 0.462. The van der Waals surface area contributed by atoms with Gasteiger partial charge in [-0.05, 0) is 79.6 Å². The van der Waals surface area contributed by atoms with Crippen molar-refractivity contribution in [3.8, 4) is 0 Å². The summed E-state index contributed by atoms with van der Waals surface area (Å²) < 4.78 is 6.20. The van der Waals surface area contributed by atoms with Gasteiger partial charge in [0.15, 0.2) is 5.78 Å². The van der Waals surface area contributed by atoms with Gasteiger partial charge in [-0.15, -0.1) is 11.6 Å². The Morgan fingerprint density at radius 1 is 1.14 bits per heavy atom. The Labute approximate surface area is 172 Å². The molecule has 0 bridgehead atoms. The third-order valence-corrected chi connectivity index (χ3v) is 10.9. The van der Waals surface area contributed by atoms with Gasteiger partial charge in [-0.3, -0.25) is 9.59 Å². The fraction of sp³-hybridized carbons (Fsp3) is 0.833. The Kier molecular flexibility index (Phi) is 3.50. The zero-order valence-corrected chi connectivity index (χ0v) is 17.8. The summed E-state index contributed by atoms with van der Waals surface area (Å²) in [6, 6.07) is 0. The van der Waals surface area contributed by atoms with E-state index < -0.39 is 0 Å². The average Bonchev–Trinajstić information content (AvgIpc) is 3.30. The highest BCUT2D eigenvalue weighted by Gasteiger charge is 2.79. The minimum Gasteiger partial charge on any atom is -0.458 e. The normalized spacial score (nSPS) is 56.5. The van der Waals surface area contributed by atoms with Crippen LogP contribution < -0.4 is 0 Å². The number of carbonyl (C=O) groups excluding carboxylic acids is 2. The van der Waals surface area contributed by atoms with Crippen LogP contribution in [0.15, 0.2) is 11.6 Å². The van der Waals surface area contributed by atoms with Crippen LogP contribution in [0.25, 0.3) is 0 Å². The van der Waals surface area contributed by atoms with Crippen LogP contribution in [0.5, 0.6) is 0 Å². The summed E-state index contributed by atoms with van der Waals surface area (Å²) in [6.45, 7) is 4.88. The molecule has 28 heavy (non-hydrogen) atoms. The molecule has 152 valence electrons. The van der Waals surface area contributed by atoms with Gasteiger partial charge in [0.05, 0.1) is 0 Å². The van der Waals surface area contributed by atoms with E-state index in [0.717, 1.165) is 25.7 Å². The molecule has 1 aliphatic heterocycles. The van der Waals surface area contributed by atoms with Crippen molar-refractivity contribution in [2.24, 2.45) is 46.3 Å². The molecule has 0 aromatic heterocycles. The van der Waals surface area contributed by atoms with Crippen LogP contribution in [0, 0.1) is 46.3 Å². The van der Waals surface area contributed by atoms with Crippen LogP contribution in [-0.2, 0) is 14.3 Å². The molecular weight excluding hydrogens is 372 g/mol. The Bertz CT molecular complexity index is 804. The number of esters is 1. The zero-order chi connectivity index (χ0) is 19.5. The van der Waals surface area contributed by atoms with E-state index >= 15 is 0 Å². The van der Waals surface area contributed by atoms with Crippen LogP contribution in [0.2, 0.25) is 0 Å². The van der Waals surface area contributed by atoms with Gasteiger partial charge in [0.1, 0.15) is 5.60 Å². The molecule has 1 saturated heterocycles. The highest BCUT2D eigenvalue weighted by atomic mass is 35.5. The van der Waals surface area contributed by atoms with Gasteiger partial charge < -0.3 is 4.74 Å². The van der Waals surface area contributed by atoms with Gasteiger partial charge in [-0.25, -0.2) is 0 Å². The number of hydrogen-bond acceptors (Lipinski definition) is 3. The summed E-state index contributed by atoms with van der Waals surface area (Å²) in [7, 11) is 0. The number of rotatable bonds is 1. The van der Waals surface area contributed by atoms with Crippen LogP contribution >= 0.6 is 11.6 Å². The van der Waals surface area contributed by atoms with Gasteiger partial charge in [-0.1, -0.05) is 19.4 Å². The average molecular weight is 403 g/mol. The van der Waals surface area contributed by atoms with Crippen molar-refractivity contribution in [1.29, 1.82) is 0 Å². The van der Waals surface area contributed by atoms with Crippen LogP contribution in [0.1, 0.15) is 65.2 Å². The van der Waals surface area contributed by atoms with Gasteiger partial charge in [-0.2, -0.15) is 0 Å². The maximum absolute atomic E-state index is 12.2. The van der Waals surface area contributed by atoms with Crippen molar-refractivity contribution in [2.45, 2.75) is 70.8 Å². The second-order valence-electron chi connectivity index (χ2n) is 11.2. The molecule has 4 heteroatoms. The Morgan fingerprint density at radius 3 is 2.68 bits per heavy atom. The molecule has 0 aromatic carbocycles. The topological polar surface area (TPSA) is 43.4 Å². The van der Waals surface area contributed by atoms with Gasteiger partial charge in [0.2, 0.25) is 0 Å². The van der Waals surface area contributed by atoms with E-state index in [1.165, 1.54) is 18.4 Å². The van der Waals surface area contributed by atoms with E-state index in [-0.39, 0.29) is 22.4 Å². The lowest BCUT2D eigenvalue weighted by molar-refractivity contribution is -0.179. The van der Waals surface area contributed by atoms with Crippen molar-refractivity contribution in [3.63, 3.8) is 0 Å². The molecular formula is C24H31ClO3. The zero-order valence-electron chi connectivity index (χ0n) is 17.0. The number of allylic oxidation sites excluding steroid dienone is 1. The monoisotopic (exact) mass is 402 g/mol. The first-order chi connectivity index (χ1) is 13.3. The lowest BCUT2D eigenvalue weighted by Gasteiger charge is -2.62. The molecule has 5 aliphatic carbocycles. The molecule has 6 aliphatic rings. The molecule has 0 radical (unpaired) electrons. The van der Waals surface area contributed by atoms with E-state index in [9.17, 15) is 9.59 Å². The van der Waals surface area contributed by atoms with E-state index in [2.05, 4.69) is 13.8 Å². The summed E-state index contributed by atoms with van der Waals surface area (Å²) in [6.07, 6.45) is 9.78. The number of fused-ring (bicyclic) bond motifs is 9. The Hall–Kier alpha value is -0.830. The number of alkyl halides is 1. The van der Waals surface area contributed by atoms with Crippen molar-refractivity contribution in [2.75, 3.05) is 5.88 Å². The van der Waals surface area contributed by atoms with Gasteiger partial charge in [0.25, 0.3) is 0 Å². The molecule has 4 saturated carbocycles. The summed E-state index contributed by atoms with van der Waals surface area (Å²) in [5.74, 6) is 4.62. The minimum atomic E-state index is -0.194. The largest absolute Gasteiger partial charge is 0.458 e. The van der Waals surface area contributed by atoms with E-state index in [4.69, 9.17) is 16.3 Å². The molecule has 1 spiro atoms. The maximum Gasteiger partial charge on any atom is 0.306 e. The molecule has 6 rings (SSSR count). The summed E-state index contributed by atoms with van der Waals surface area (Å²) in [5, 5.41) is 0.